The van der Waals surface area contributed by atoms with Crippen molar-refractivity contribution < 1.29 is 22.7 Å². The van der Waals surface area contributed by atoms with Gasteiger partial charge in [0, 0.05) is 12.5 Å². The van der Waals surface area contributed by atoms with Gasteiger partial charge in [0.1, 0.15) is 12.4 Å². The Morgan fingerprint density at radius 3 is 2.36 bits per heavy atom. The molecular formula is C31H30ClF3N4O3. The fourth-order valence-electron chi connectivity index (χ4n) is 5.55. The third-order valence-corrected chi connectivity index (χ3v) is 7.71. The molecule has 5 rings (SSSR count). The number of benzene rings is 3. The summed E-state index contributed by atoms with van der Waals surface area (Å²) in [6, 6.07) is 20.2. The third kappa shape index (κ3) is 6.29. The van der Waals surface area contributed by atoms with Crippen LogP contribution in [0.15, 0.2) is 71.5 Å². The number of hydrogen-bond donors (Lipinski definition) is 1. The highest BCUT2D eigenvalue weighted by molar-refractivity contribution is 6.35. The van der Waals surface area contributed by atoms with E-state index in [9.17, 15) is 22.8 Å². The van der Waals surface area contributed by atoms with Crippen LogP contribution in [-0.4, -0.2) is 53.5 Å². The van der Waals surface area contributed by atoms with Crippen LogP contribution in [0.1, 0.15) is 42.3 Å². The molecule has 4 aromatic rings. The van der Waals surface area contributed by atoms with Crippen LogP contribution in [0, 0.1) is 0 Å². The zero-order valence-electron chi connectivity index (χ0n) is 23.1. The van der Waals surface area contributed by atoms with Crippen LogP contribution in [0.4, 0.5) is 18.0 Å². The molecule has 1 atom stereocenters. The molecule has 1 aliphatic carbocycles. The third-order valence-electron chi connectivity index (χ3n) is 7.40. The van der Waals surface area contributed by atoms with Crippen LogP contribution in [0.25, 0.3) is 22.0 Å². The average Bonchev–Trinajstić information content (AvgIpc) is 3.25. The lowest BCUT2D eigenvalue weighted by molar-refractivity contribution is -0.143. The van der Waals surface area contributed by atoms with Gasteiger partial charge in [0.2, 0.25) is 0 Å². The van der Waals surface area contributed by atoms with Crippen molar-refractivity contribution in [2.75, 3.05) is 26.7 Å². The van der Waals surface area contributed by atoms with E-state index in [4.69, 9.17) is 16.3 Å². The first-order valence-electron chi connectivity index (χ1n) is 13.6. The predicted octanol–water partition coefficient (Wildman–Crippen LogP) is 6.53. The number of hydrogen-bond acceptors (Lipinski definition) is 5. The molecule has 0 spiro atoms. The highest BCUT2D eigenvalue weighted by atomic mass is 35.5. The van der Waals surface area contributed by atoms with Crippen LogP contribution in [0.2, 0.25) is 5.02 Å². The van der Waals surface area contributed by atoms with Gasteiger partial charge in [-0.1, -0.05) is 66.2 Å². The Bertz CT molecular complexity index is 1630. The van der Waals surface area contributed by atoms with Crippen molar-refractivity contribution in [3.63, 3.8) is 0 Å². The van der Waals surface area contributed by atoms with Gasteiger partial charge in [-0.05, 0) is 61.3 Å². The molecule has 7 nitrogen and oxygen atoms in total. The van der Waals surface area contributed by atoms with Gasteiger partial charge in [0.15, 0.2) is 0 Å². The SMILES string of the molecule is C[C@H](NC(=O)OCC1c2ccccc2-c2ccccc21)c1nc2cccc(Cl)c2c(=O)n1CCCN(C)CC(F)(F)F. The van der Waals surface area contributed by atoms with E-state index in [0.29, 0.717) is 5.52 Å². The number of fused-ring (bicyclic) bond motifs is 4. The summed E-state index contributed by atoms with van der Waals surface area (Å²) >= 11 is 6.31. The number of rotatable bonds is 9. The summed E-state index contributed by atoms with van der Waals surface area (Å²) in [6.45, 7) is 0.912. The number of nitrogens with one attached hydrogen (secondary N) is 1. The molecule has 42 heavy (non-hydrogen) atoms. The van der Waals surface area contributed by atoms with Crippen LogP contribution >= 0.6 is 11.6 Å². The molecular weight excluding hydrogens is 569 g/mol. The van der Waals surface area contributed by atoms with Crippen LogP contribution in [0.5, 0.6) is 0 Å². The number of halogens is 4. The maximum absolute atomic E-state index is 13.5. The zero-order chi connectivity index (χ0) is 30.0. The Kier molecular flexibility index (Phi) is 8.56. The van der Waals surface area contributed by atoms with Gasteiger partial charge in [0.25, 0.3) is 5.56 Å². The molecule has 1 amide bonds. The number of nitrogens with zero attached hydrogens (tertiary/aromatic N) is 3. The van der Waals surface area contributed by atoms with Gasteiger partial charge in [-0.15, -0.1) is 0 Å². The summed E-state index contributed by atoms with van der Waals surface area (Å²) in [6.07, 6.45) is -4.76. The van der Waals surface area contributed by atoms with E-state index in [1.165, 1.54) is 11.6 Å². The Labute approximate surface area is 245 Å². The monoisotopic (exact) mass is 598 g/mol. The lowest BCUT2D eigenvalue weighted by Crippen LogP contribution is -2.36. The summed E-state index contributed by atoms with van der Waals surface area (Å²) in [5.41, 5.74) is 4.31. The van der Waals surface area contributed by atoms with E-state index in [1.54, 1.807) is 25.1 Å². The van der Waals surface area contributed by atoms with E-state index < -0.39 is 30.4 Å². The number of aromatic nitrogens is 2. The second-order valence-corrected chi connectivity index (χ2v) is 10.9. The molecule has 1 N–H and O–H groups in total. The molecule has 11 heteroatoms. The second kappa shape index (κ2) is 12.1. The molecule has 0 aliphatic heterocycles. The minimum absolute atomic E-state index is 0.0846. The highest BCUT2D eigenvalue weighted by Gasteiger charge is 2.30. The Hall–Kier alpha value is -3.89. The summed E-state index contributed by atoms with van der Waals surface area (Å²) in [5.74, 6) is 0.132. The van der Waals surface area contributed by atoms with Crippen molar-refractivity contribution in [1.29, 1.82) is 0 Å². The van der Waals surface area contributed by atoms with Crippen LogP contribution < -0.4 is 10.9 Å². The van der Waals surface area contributed by atoms with Gasteiger partial charge in [-0.25, -0.2) is 9.78 Å². The predicted molar refractivity (Wildman–Crippen MR) is 156 cm³/mol. The smallest absolute Gasteiger partial charge is 0.407 e. The lowest BCUT2D eigenvalue weighted by atomic mass is 9.98. The molecule has 1 aromatic heterocycles. The Morgan fingerprint density at radius 1 is 1.07 bits per heavy atom. The van der Waals surface area contributed by atoms with Gasteiger partial charge in [-0.3, -0.25) is 14.3 Å². The normalized spacial score (nSPS) is 13.7. The Balaban J connectivity index is 1.33. The summed E-state index contributed by atoms with van der Waals surface area (Å²) < 4.78 is 45.3. The highest BCUT2D eigenvalue weighted by Crippen LogP contribution is 2.44. The minimum atomic E-state index is -4.32. The summed E-state index contributed by atoms with van der Waals surface area (Å²) in [4.78, 5) is 32.2. The van der Waals surface area contributed by atoms with Crippen molar-refractivity contribution in [3.8, 4) is 11.1 Å². The van der Waals surface area contributed by atoms with Gasteiger partial charge >= 0.3 is 12.3 Å². The molecule has 0 bridgehead atoms. The van der Waals surface area contributed by atoms with Gasteiger partial charge in [-0.2, -0.15) is 13.2 Å². The minimum Gasteiger partial charge on any atom is -0.449 e. The molecule has 3 aromatic carbocycles. The van der Waals surface area contributed by atoms with Crippen molar-refractivity contribution in [1.82, 2.24) is 19.8 Å². The molecule has 0 fully saturated rings. The lowest BCUT2D eigenvalue weighted by Gasteiger charge is -2.22. The van der Waals surface area contributed by atoms with Crippen molar-refractivity contribution in [3.05, 3.63) is 99.1 Å². The average molecular weight is 599 g/mol. The zero-order valence-corrected chi connectivity index (χ0v) is 23.9. The number of carbonyl (C=O) groups is 1. The topological polar surface area (TPSA) is 76.5 Å². The number of ether oxygens (including phenoxy) is 1. The van der Waals surface area contributed by atoms with E-state index in [0.717, 1.165) is 27.2 Å². The molecule has 1 heterocycles. The maximum atomic E-state index is 13.5. The van der Waals surface area contributed by atoms with Gasteiger partial charge in [0.05, 0.1) is 28.5 Å². The number of alkyl halides is 3. The quantitative estimate of drug-likeness (QED) is 0.237. The fraction of sp³-hybridized carbons (Fsp3) is 0.323. The van der Waals surface area contributed by atoms with Crippen molar-refractivity contribution in [2.45, 2.75) is 38.0 Å². The molecule has 0 unspecified atom stereocenters. The first kappa shape index (κ1) is 29.6. The molecule has 0 radical (unpaired) electrons. The summed E-state index contributed by atoms with van der Waals surface area (Å²) in [7, 11) is 1.37. The van der Waals surface area contributed by atoms with Crippen molar-refractivity contribution in [2.24, 2.45) is 0 Å². The standard InChI is InChI=1S/C31H30ClF3N4O3/c1-19(36-30(41)42-17-24-22-11-5-3-9-20(22)21-10-4-6-12-23(21)24)28-37-26-14-7-13-25(32)27(26)29(40)39(28)16-8-15-38(2)18-31(33,34)35/h3-7,9-14,19,24H,8,15-18H2,1-2H3,(H,36,41)/t19-/m0/s1. The van der Waals surface area contributed by atoms with Gasteiger partial charge < -0.3 is 10.1 Å². The number of amides is 1. The van der Waals surface area contributed by atoms with E-state index in [-0.39, 0.29) is 48.3 Å². The first-order chi connectivity index (χ1) is 20.0. The van der Waals surface area contributed by atoms with Crippen LogP contribution in [-0.2, 0) is 11.3 Å². The van der Waals surface area contributed by atoms with Crippen molar-refractivity contribution >= 4 is 28.6 Å². The molecule has 220 valence electrons. The van der Waals surface area contributed by atoms with E-state index >= 15 is 0 Å². The number of carbonyl (C=O) groups excluding carboxylic acids is 1. The molecule has 0 saturated heterocycles. The Morgan fingerprint density at radius 2 is 1.71 bits per heavy atom. The van der Waals surface area contributed by atoms with E-state index in [1.807, 2.05) is 48.5 Å². The fourth-order valence-corrected chi connectivity index (χ4v) is 5.80. The largest absolute Gasteiger partial charge is 0.449 e. The summed E-state index contributed by atoms with van der Waals surface area (Å²) in [5, 5.41) is 3.20. The molecule has 0 saturated carbocycles. The maximum Gasteiger partial charge on any atom is 0.407 e. The van der Waals surface area contributed by atoms with E-state index in [2.05, 4.69) is 10.3 Å². The molecule has 1 aliphatic rings. The number of alkyl carbamates (subject to hydrolysis) is 1. The van der Waals surface area contributed by atoms with Crippen LogP contribution in [0.3, 0.4) is 0 Å². The second-order valence-electron chi connectivity index (χ2n) is 10.5. The first-order valence-corrected chi connectivity index (χ1v) is 14.0.